The molecule has 1 aromatic heterocycles. The number of thioether (sulfide) groups is 1. The number of H-pyrrole nitrogens is 1. The highest BCUT2D eigenvalue weighted by molar-refractivity contribution is 7.99. The second-order valence-corrected chi connectivity index (χ2v) is 18.8. The van der Waals surface area contributed by atoms with Crippen molar-refractivity contribution in [2.75, 3.05) is 39.0 Å². The maximum Gasteiger partial charge on any atom is 0.243 e. The van der Waals surface area contributed by atoms with E-state index < -0.39 is 139 Å². The summed E-state index contributed by atoms with van der Waals surface area (Å²) in [6.45, 7) is 7.41. The lowest BCUT2D eigenvalue weighted by Crippen LogP contribution is -2.56. The number of aliphatic hydroxyl groups excluding tert-OH is 1. The number of ether oxygens (including phenoxy) is 1. The number of ketones is 2. The number of Topliss-reactive ketones (excluding diaryl/α,β-unsaturated/α-hetero) is 2. The number of nitrogens with zero attached hydrogens (tertiary/aromatic N) is 1. The van der Waals surface area contributed by atoms with Crippen LogP contribution >= 0.6 is 11.8 Å². The van der Waals surface area contributed by atoms with Crippen molar-refractivity contribution >= 4 is 75.6 Å². The fourth-order valence-corrected chi connectivity index (χ4v) is 9.59. The molecule has 1 fully saturated rings. The summed E-state index contributed by atoms with van der Waals surface area (Å²) in [5, 5.41) is 27.9. The Balaban J connectivity index is 1.71. The molecule has 2 bridgehead atoms. The minimum atomic E-state index is -1.40. The average Bonchev–Trinajstić information content (AvgIpc) is 3.85. The molecule has 7 amide bonds. The number of nitrogens with one attached hydrogen (secondary N) is 7. The lowest BCUT2D eigenvalue weighted by Gasteiger charge is -2.32. The van der Waals surface area contributed by atoms with Gasteiger partial charge in [0, 0.05) is 55.4 Å². The summed E-state index contributed by atoms with van der Waals surface area (Å²) in [5.74, 6) is -7.17. The van der Waals surface area contributed by atoms with Crippen LogP contribution in [0.2, 0.25) is 0 Å². The number of aliphatic hydroxyl groups is 1. The van der Waals surface area contributed by atoms with Crippen molar-refractivity contribution in [3.05, 3.63) is 23.8 Å². The first kappa shape index (κ1) is 51.1. The van der Waals surface area contributed by atoms with Crippen LogP contribution in [0.4, 0.5) is 0 Å². The van der Waals surface area contributed by atoms with Crippen LogP contribution in [0.15, 0.2) is 23.2 Å². The summed E-state index contributed by atoms with van der Waals surface area (Å²) >= 11 is 1.12. The molecular weight excluding hydrogens is 873 g/mol. The molecule has 1 aromatic carbocycles. The van der Waals surface area contributed by atoms with Crippen LogP contribution in [0.1, 0.15) is 72.3 Å². The highest BCUT2D eigenvalue weighted by atomic mass is 32.2. The van der Waals surface area contributed by atoms with Gasteiger partial charge in [-0.15, -0.1) is 18.2 Å². The molecule has 5 rings (SSSR count). The molecule has 9 atom stereocenters. The largest absolute Gasteiger partial charge is 0.497 e. The molecule has 3 aliphatic heterocycles. The Labute approximate surface area is 388 Å². The fraction of sp³-hybridized carbons (Fsp3) is 0.587. The van der Waals surface area contributed by atoms with E-state index in [1.54, 1.807) is 32.0 Å². The first-order chi connectivity index (χ1) is 31.3. The van der Waals surface area contributed by atoms with Gasteiger partial charge in [-0.25, -0.2) is 0 Å². The van der Waals surface area contributed by atoms with E-state index in [0.717, 1.165) is 16.7 Å². The summed E-state index contributed by atoms with van der Waals surface area (Å²) < 4.78 is 5.48. The van der Waals surface area contributed by atoms with Gasteiger partial charge in [0.1, 0.15) is 17.8 Å². The Morgan fingerprint density at radius 1 is 0.924 bits per heavy atom. The van der Waals surface area contributed by atoms with Gasteiger partial charge in [-0.05, 0) is 41.9 Å². The zero-order valence-electron chi connectivity index (χ0n) is 38.2. The van der Waals surface area contributed by atoms with Crippen molar-refractivity contribution in [3.8, 4) is 18.1 Å². The van der Waals surface area contributed by atoms with Gasteiger partial charge in [-0.1, -0.05) is 47.0 Å². The molecule has 8 N–H and O–H groups in total. The number of methoxy groups -OCH3 is 1. The number of benzene rings is 1. The number of fused-ring (bicyclic) bond motifs is 5. The van der Waals surface area contributed by atoms with Crippen LogP contribution in [0.3, 0.4) is 0 Å². The number of carbonyl (C=O) groups is 9. The molecule has 1 unspecified atom stereocenters. The number of hydrogen-bond donors (Lipinski definition) is 8. The monoisotopic (exact) mass is 934 g/mol. The van der Waals surface area contributed by atoms with Gasteiger partial charge in [0.15, 0.2) is 11.6 Å². The predicted octanol–water partition coefficient (Wildman–Crippen LogP) is 0.115. The highest BCUT2D eigenvalue weighted by Gasteiger charge is 2.44. The normalized spacial score (nSPS) is 26.5. The molecule has 66 heavy (non-hydrogen) atoms. The zero-order valence-corrected chi connectivity index (χ0v) is 39.1. The summed E-state index contributed by atoms with van der Waals surface area (Å²) in [7, 11) is 1.50. The van der Waals surface area contributed by atoms with Gasteiger partial charge < -0.3 is 51.6 Å². The second-order valence-electron chi connectivity index (χ2n) is 17.8. The average molecular weight is 935 g/mol. The Morgan fingerprint density at radius 3 is 2.29 bits per heavy atom. The molecular formula is C46H62N8O11S. The van der Waals surface area contributed by atoms with Crippen molar-refractivity contribution in [1.82, 2.24) is 41.8 Å². The molecule has 0 aliphatic carbocycles. The first-order valence-corrected chi connectivity index (χ1v) is 23.3. The molecule has 20 heteroatoms. The summed E-state index contributed by atoms with van der Waals surface area (Å²) in [4.78, 5) is 131. The lowest BCUT2D eigenvalue weighted by atomic mass is 9.83. The van der Waals surface area contributed by atoms with Crippen LogP contribution in [0, 0.1) is 41.9 Å². The quantitative estimate of drug-likeness (QED) is 0.164. The van der Waals surface area contributed by atoms with Crippen molar-refractivity contribution in [2.24, 2.45) is 29.6 Å². The Bertz CT molecular complexity index is 2240. The van der Waals surface area contributed by atoms with Gasteiger partial charge in [0.05, 0.1) is 61.4 Å². The molecule has 0 spiro atoms. The third-order valence-corrected chi connectivity index (χ3v) is 14.0. The van der Waals surface area contributed by atoms with Crippen molar-refractivity contribution in [3.63, 3.8) is 0 Å². The van der Waals surface area contributed by atoms with E-state index in [-0.39, 0.29) is 37.6 Å². The van der Waals surface area contributed by atoms with Gasteiger partial charge >= 0.3 is 0 Å². The summed E-state index contributed by atoms with van der Waals surface area (Å²) in [6, 6.07) is 0.288. The number of rotatable bonds is 8. The van der Waals surface area contributed by atoms with Gasteiger partial charge in [0.25, 0.3) is 0 Å². The van der Waals surface area contributed by atoms with E-state index in [1.165, 1.54) is 7.11 Å². The van der Waals surface area contributed by atoms with E-state index in [1.807, 2.05) is 20.8 Å². The third-order valence-electron chi connectivity index (χ3n) is 12.8. The minimum absolute atomic E-state index is 0.0700. The van der Waals surface area contributed by atoms with Crippen molar-refractivity contribution in [2.45, 2.75) is 108 Å². The number of hydrogen-bond acceptors (Lipinski definition) is 12. The van der Waals surface area contributed by atoms with E-state index in [0.29, 0.717) is 33.7 Å². The zero-order chi connectivity index (χ0) is 48.4. The van der Waals surface area contributed by atoms with Crippen LogP contribution < -0.4 is 36.6 Å². The second kappa shape index (κ2) is 23.0. The Hall–Kier alpha value is -5.94. The van der Waals surface area contributed by atoms with Gasteiger partial charge in [0.2, 0.25) is 41.4 Å². The minimum Gasteiger partial charge on any atom is -0.497 e. The van der Waals surface area contributed by atoms with Crippen LogP contribution in [0.25, 0.3) is 10.9 Å². The third kappa shape index (κ3) is 12.7. The molecule has 0 radical (unpaired) electrons. The highest BCUT2D eigenvalue weighted by Crippen LogP contribution is 2.36. The molecule has 4 heterocycles. The van der Waals surface area contributed by atoms with E-state index in [9.17, 15) is 48.3 Å². The molecule has 3 aliphatic rings. The maximum atomic E-state index is 14.7. The molecule has 19 nitrogen and oxygen atoms in total. The SMILES string of the molecule is C#CCNC(=O)C[C@@H]1CC(=O)[C@@H]2CSc3[nH]c4cc(OC)ccc4c3C[C@H](CC(=O)[C@@H]([C@@H](C)C(C)C)NC(=O)C3C[C@@H](O)CN3C1=O)C(=O)NCC(=O)N[C@@H]([C@@H](C)CC)C(=O)NCC(=O)N2. The number of aromatic nitrogens is 1. The fourth-order valence-electron chi connectivity index (χ4n) is 8.44. The molecule has 358 valence electrons. The first-order valence-electron chi connectivity index (χ1n) is 22.3. The van der Waals surface area contributed by atoms with Crippen molar-refractivity contribution in [1.29, 1.82) is 0 Å². The summed E-state index contributed by atoms with van der Waals surface area (Å²) in [6.07, 6.45) is 2.82. The Morgan fingerprint density at radius 2 is 1.62 bits per heavy atom. The van der Waals surface area contributed by atoms with E-state index in [4.69, 9.17) is 11.2 Å². The number of amides is 7. The molecule has 0 saturated carbocycles. The number of aromatic amines is 1. The standard InChI is InChI=1S/C46H62N8O11S/c1-8-12-47-37(58)16-27-15-35(56)33-22-66-45-31(30-11-10-29(65-7)18-32(30)51-45)13-26(42(61)48-20-39(60)52-40(24(5)9-2)44(63)49-19-38(59)50-33)14-36(57)41(25(6)23(3)4)53-43(62)34-17-28(55)21-54(34)46(27)64/h1,10-11,18,23-28,33-34,40-41,51,55H,9,12-17,19-22H2,2-7H3,(H,47,58)(H,48,61)(H,49,63)(H,50,59)(H,52,60)(H,53,62)/t24-,25-,26+,27-,28+,33-,34?,40-,41+/m0/s1. The van der Waals surface area contributed by atoms with Gasteiger partial charge in [-0.2, -0.15) is 0 Å². The predicted molar refractivity (Wildman–Crippen MR) is 243 cm³/mol. The number of carbonyl (C=O) groups excluding carboxylic acids is 9. The van der Waals surface area contributed by atoms with Crippen molar-refractivity contribution < 1.29 is 53.0 Å². The topological polar surface area (TPSA) is 274 Å². The van der Waals surface area contributed by atoms with E-state index in [2.05, 4.69) is 42.8 Å². The lowest BCUT2D eigenvalue weighted by molar-refractivity contribution is -0.145. The van der Waals surface area contributed by atoms with Crippen LogP contribution in [-0.4, -0.2) is 137 Å². The van der Waals surface area contributed by atoms with Crippen LogP contribution in [0.5, 0.6) is 5.75 Å². The maximum absolute atomic E-state index is 14.7. The van der Waals surface area contributed by atoms with Gasteiger partial charge in [-0.3, -0.25) is 43.2 Å². The molecule has 2 aromatic rings. The summed E-state index contributed by atoms with van der Waals surface area (Å²) in [5.41, 5.74) is 1.16. The van der Waals surface area contributed by atoms with Crippen LogP contribution in [-0.2, 0) is 49.6 Å². The molecule has 1 saturated heterocycles. The Kier molecular flexibility index (Phi) is 17.8. The smallest absolute Gasteiger partial charge is 0.243 e. The number of terminal acetylenes is 1. The van der Waals surface area contributed by atoms with E-state index >= 15 is 0 Å².